The summed E-state index contributed by atoms with van der Waals surface area (Å²) in [4.78, 5) is 13.6. The molecule has 1 fully saturated rings. The van der Waals surface area contributed by atoms with E-state index in [1.807, 2.05) is 19.1 Å². The Morgan fingerprint density at radius 1 is 1.25 bits per heavy atom. The van der Waals surface area contributed by atoms with E-state index < -0.39 is 5.97 Å². The van der Waals surface area contributed by atoms with E-state index in [-0.39, 0.29) is 0 Å². The van der Waals surface area contributed by atoms with Gasteiger partial charge in [-0.3, -0.25) is 0 Å². The highest BCUT2D eigenvalue weighted by molar-refractivity contribution is 5.95. The second-order valence-corrected chi connectivity index (χ2v) is 6.18. The lowest BCUT2D eigenvalue weighted by molar-refractivity contribution is 0.0696. The van der Waals surface area contributed by atoms with Crippen molar-refractivity contribution in [3.8, 4) is 0 Å². The molecule has 1 aromatic carbocycles. The molecule has 1 saturated heterocycles. The number of carboxylic acid groups (broad SMARTS) is 1. The van der Waals surface area contributed by atoms with Gasteiger partial charge in [0.25, 0.3) is 0 Å². The summed E-state index contributed by atoms with van der Waals surface area (Å²) in [6.07, 6.45) is 4.89. The number of nitrogens with zero attached hydrogens (tertiary/aromatic N) is 1. The first-order valence-electron chi connectivity index (χ1n) is 7.60. The molecular weight excluding hydrogens is 250 g/mol. The zero-order valence-electron chi connectivity index (χ0n) is 12.8. The van der Waals surface area contributed by atoms with Crippen LogP contribution < -0.4 is 4.90 Å². The van der Waals surface area contributed by atoms with Gasteiger partial charge in [-0.15, -0.1) is 0 Å². The summed E-state index contributed by atoms with van der Waals surface area (Å²) in [5.74, 6) is -0.827. The molecule has 0 bridgehead atoms. The first kappa shape index (κ1) is 14.9. The maximum Gasteiger partial charge on any atom is 0.337 e. The van der Waals surface area contributed by atoms with E-state index in [0.29, 0.717) is 11.0 Å². The average Bonchev–Trinajstić information content (AvgIpc) is 2.35. The van der Waals surface area contributed by atoms with Crippen LogP contribution in [0.2, 0.25) is 0 Å². The van der Waals surface area contributed by atoms with Crippen molar-refractivity contribution in [3.63, 3.8) is 0 Å². The third-order valence-electron chi connectivity index (χ3n) is 4.34. The van der Waals surface area contributed by atoms with Gasteiger partial charge in [-0.05, 0) is 31.9 Å². The lowest BCUT2D eigenvalue weighted by Gasteiger charge is -2.52. The van der Waals surface area contributed by atoms with Crippen molar-refractivity contribution in [2.45, 2.75) is 46.5 Å². The Kier molecular flexibility index (Phi) is 4.36. The number of hydrogen-bond acceptors (Lipinski definition) is 2. The molecule has 1 heterocycles. The smallest absolute Gasteiger partial charge is 0.337 e. The fourth-order valence-electron chi connectivity index (χ4n) is 3.53. The minimum Gasteiger partial charge on any atom is -0.478 e. The average molecular weight is 275 g/mol. The molecular formula is C17H25NO2. The highest BCUT2D eigenvalue weighted by Gasteiger charge is 2.42. The van der Waals surface area contributed by atoms with Gasteiger partial charge in [-0.25, -0.2) is 4.79 Å². The summed E-state index contributed by atoms with van der Waals surface area (Å²) in [6.45, 7) is 8.39. The first-order chi connectivity index (χ1) is 9.51. The molecule has 1 aromatic rings. The Labute approximate surface area is 121 Å². The standard InChI is InChI=1S/C17H25NO2/c1-4-8-17(9-5-2)11-18(12-17)15-7-6-13(3)10-14(15)16(19)20/h6-7,10H,4-5,8-9,11-12H2,1-3H3,(H,19,20). The predicted octanol–water partition coefficient (Wildman–Crippen LogP) is 4.10. The van der Waals surface area contributed by atoms with Gasteiger partial charge < -0.3 is 10.0 Å². The third-order valence-corrected chi connectivity index (χ3v) is 4.34. The number of anilines is 1. The zero-order chi connectivity index (χ0) is 14.8. The van der Waals surface area contributed by atoms with Crippen LogP contribution in [-0.2, 0) is 0 Å². The van der Waals surface area contributed by atoms with Gasteiger partial charge in [0, 0.05) is 18.5 Å². The van der Waals surface area contributed by atoms with Crippen molar-refractivity contribution in [1.82, 2.24) is 0 Å². The predicted molar refractivity (Wildman–Crippen MR) is 82.6 cm³/mol. The third kappa shape index (κ3) is 2.82. The van der Waals surface area contributed by atoms with E-state index in [0.717, 1.165) is 24.3 Å². The van der Waals surface area contributed by atoms with Gasteiger partial charge in [0.05, 0.1) is 11.3 Å². The van der Waals surface area contributed by atoms with Gasteiger partial charge in [0.15, 0.2) is 0 Å². The fraction of sp³-hybridized carbons (Fsp3) is 0.588. The minimum atomic E-state index is -0.827. The van der Waals surface area contributed by atoms with Gasteiger partial charge in [0.1, 0.15) is 0 Å². The molecule has 110 valence electrons. The van der Waals surface area contributed by atoms with E-state index in [1.54, 1.807) is 6.07 Å². The molecule has 0 unspecified atom stereocenters. The monoisotopic (exact) mass is 275 g/mol. The summed E-state index contributed by atoms with van der Waals surface area (Å²) >= 11 is 0. The van der Waals surface area contributed by atoms with Crippen molar-refractivity contribution >= 4 is 11.7 Å². The molecule has 3 nitrogen and oxygen atoms in total. The molecule has 1 aliphatic rings. The second kappa shape index (κ2) is 5.86. The van der Waals surface area contributed by atoms with Crippen molar-refractivity contribution in [1.29, 1.82) is 0 Å². The Bertz CT molecular complexity index is 482. The van der Waals surface area contributed by atoms with Crippen molar-refractivity contribution in [2.75, 3.05) is 18.0 Å². The molecule has 1 aliphatic heterocycles. The van der Waals surface area contributed by atoms with E-state index in [9.17, 15) is 9.90 Å². The molecule has 1 N–H and O–H groups in total. The number of aromatic carboxylic acids is 1. The topological polar surface area (TPSA) is 40.5 Å². The van der Waals surface area contributed by atoms with Gasteiger partial charge in [-0.1, -0.05) is 38.3 Å². The number of aryl methyl sites for hydroxylation is 1. The Balaban J connectivity index is 2.17. The van der Waals surface area contributed by atoms with Crippen molar-refractivity contribution in [2.24, 2.45) is 5.41 Å². The van der Waals surface area contributed by atoms with Gasteiger partial charge >= 0.3 is 5.97 Å². The molecule has 0 atom stereocenters. The lowest BCUT2D eigenvalue weighted by Crippen LogP contribution is -2.56. The quantitative estimate of drug-likeness (QED) is 0.849. The SMILES string of the molecule is CCCC1(CCC)CN(c2ccc(C)cc2C(=O)O)C1. The highest BCUT2D eigenvalue weighted by atomic mass is 16.4. The molecule has 0 radical (unpaired) electrons. The Hall–Kier alpha value is -1.51. The van der Waals surface area contributed by atoms with Gasteiger partial charge in [0.2, 0.25) is 0 Å². The van der Waals surface area contributed by atoms with Crippen LogP contribution in [0.5, 0.6) is 0 Å². The van der Waals surface area contributed by atoms with Crippen LogP contribution in [0.25, 0.3) is 0 Å². The van der Waals surface area contributed by atoms with E-state index in [4.69, 9.17) is 0 Å². The summed E-state index contributed by atoms with van der Waals surface area (Å²) in [7, 11) is 0. The molecule has 0 amide bonds. The number of carbonyl (C=O) groups is 1. The molecule has 0 saturated carbocycles. The first-order valence-corrected chi connectivity index (χ1v) is 7.60. The van der Waals surface area contributed by atoms with Crippen LogP contribution in [0, 0.1) is 12.3 Å². The molecule has 0 spiro atoms. The molecule has 2 rings (SSSR count). The number of rotatable bonds is 6. The van der Waals surface area contributed by atoms with Crippen LogP contribution in [0.4, 0.5) is 5.69 Å². The zero-order valence-corrected chi connectivity index (χ0v) is 12.8. The van der Waals surface area contributed by atoms with Crippen LogP contribution in [0.15, 0.2) is 18.2 Å². The molecule has 0 aliphatic carbocycles. The normalized spacial score (nSPS) is 16.9. The Morgan fingerprint density at radius 3 is 2.35 bits per heavy atom. The fourth-order valence-corrected chi connectivity index (χ4v) is 3.53. The number of hydrogen-bond donors (Lipinski definition) is 1. The summed E-state index contributed by atoms with van der Waals surface area (Å²) < 4.78 is 0. The van der Waals surface area contributed by atoms with E-state index >= 15 is 0 Å². The van der Waals surface area contributed by atoms with E-state index in [1.165, 1.54) is 25.7 Å². The Morgan fingerprint density at radius 2 is 1.85 bits per heavy atom. The lowest BCUT2D eigenvalue weighted by atomic mass is 9.72. The maximum atomic E-state index is 11.4. The second-order valence-electron chi connectivity index (χ2n) is 6.18. The maximum absolute atomic E-state index is 11.4. The summed E-state index contributed by atoms with van der Waals surface area (Å²) in [5, 5.41) is 9.37. The van der Waals surface area contributed by atoms with E-state index in [2.05, 4.69) is 18.7 Å². The van der Waals surface area contributed by atoms with Crippen molar-refractivity contribution < 1.29 is 9.90 Å². The molecule has 3 heteroatoms. The van der Waals surface area contributed by atoms with Crippen molar-refractivity contribution in [3.05, 3.63) is 29.3 Å². The van der Waals surface area contributed by atoms with Crippen LogP contribution in [0.1, 0.15) is 55.5 Å². The largest absolute Gasteiger partial charge is 0.478 e. The number of carboxylic acids is 1. The summed E-state index contributed by atoms with van der Waals surface area (Å²) in [5.41, 5.74) is 2.72. The van der Waals surface area contributed by atoms with Crippen LogP contribution >= 0.6 is 0 Å². The minimum absolute atomic E-state index is 0.407. The molecule has 20 heavy (non-hydrogen) atoms. The van der Waals surface area contributed by atoms with Crippen LogP contribution in [-0.4, -0.2) is 24.2 Å². The number of benzene rings is 1. The van der Waals surface area contributed by atoms with Gasteiger partial charge in [-0.2, -0.15) is 0 Å². The summed E-state index contributed by atoms with van der Waals surface area (Å²) in [6, 6.07) is 5.74. The molecule has 0 aromatic heterocycles. The van der Waals surface area contributed by atoms with Crippen LogP contribution in [0.3, 0.4) is 0 Å². The highest BCUT2D eigenvalue weighted by Crippen LogP contribution is 2.42.